The number of hydrogen-bond donors (Lipinski definition) is 0. The van der Waals surface area contributed by atoms with E-state index in [1.165, 1.54) is 10.8 Å². The summed E-state index contributed by atoms with van der Waals surface area (Å²) in [6.45, 7) is 0. The standard InChI is InChI=1S/C26H18N2O/c29-25-13-7-6-12-23-24(27-28(26(23)25)22-10-2-1-3-11-22)17-15-19-14-16-20-8-4-5-9-21(20)18-19/h1-18H/b17-15+. The van der Waals surface area contributed by atoms with Crippen LogP contribution in [0.1, 0.15) is 11.3 Å². The van der Waals surface area contributed by atoms with Crippen LogP contribution in [-0.2, 0) is 0 Å². The van der Waals surface area contributed by atoms with E-state index in [-0.39, 0.29) is 5.43 Å². The smallest absolute Gasteiger partial charge is 0.204 e. The summed E-state index contributed by atoms with van der Waals surface area (Å²) in [5.74, 6) is 0. The lowest BCUT2D eigenvalue weighted by molar-refractivity contribution is 0.902. The molecule has 0 aliphatic heterocycles. The Kier molecular flexibility index (Phi) is 4.26. The highest BCUT2D eigenvalue weighted by atomic mass is 16.1. The molecule has 0 unspecified atom stereocenters. The molecule has 0 N–H and O–H groups in total. The van der Waals surface area contributed by atoms with Crippen LogP contribution in [0.2, 0.25) is 0 Å². The molecule has 0 amide bonds. The van der Waals surface area contributed by atoms with Gasteiger partial charge < -0.3 is 0 Å². The third-order valence-corrected chi connectivity index (χ3v) is 5.01. The summed E-state index contributed by atoms with van der Waals surface area (Å²) in [5, 5.41) is 8.00. The van der Waals surface area contributed by atoms with Gasteiger partial charge in [-0.05, 0) is 46.7 Å². The zero-order chi connectivity index (χ0) is 19.6. The maximum atomic E-state index is 12.7. The second-order valence-electron chi connectivity index (χ2n) is 6.92. The molecule has 3 heteroatoms. The molecule has 5 rings (SSSR count). The Balaban J connectivity index is 1.67. The molecular weight excluding hydrogens is 356 g/mol. The van der Waals surface area contributed by atoms with Crippen molar-refractivity contribution in [3.05, 3.63) is 119 Å². The van der Waals surface area contributed by atoms with E-state index in [0.717, 1.165) is 22.3 Å². The van der Waals surface area contributed by atoms with Crippen molar-refractivity contribution in [2.45, 2.75) is 0 Å². The monoisotopic (exact) mass is 374 g/mol. The number of fused-ring (bicyclic) bond motifs is 2. The summed E-state index contributed by atoms with van der Waals surface area (Å²) in [6.07, 6.45) is 4.02. The van der Waals surface area contributed by atoms with Crippen LogP contribution in [0.5, 0.6) is 0 Å². The molecule has 0 spiro atoms. The van der Waals surface area contributed by atoms with Crippen molar-refractivity contribution in [3.63, 3.8) is 0 Å². The second kappa shape index (κ2) is 7.21. The van der Waals surface area contributed by atoms with Gasteiger partial charge in [-0.1, -0.05) is 78.9 Å². The highest BCUT2D eigenvalue weighted by Gasteiger charge is 2.11. The number of aromatic nitrogens is 2. The minimum atomic E-state index is -0.0493. The van der Waals surface area contributed by atoms with Gasteiger partial charge in [0.2, 0.25) is 5.43 Å². The van der Waals surface area contributed by atoms with Crippen molar-refractivity contribution >= 4 is 33.8 Å². The van der Waals surface area contributed by atoms with Crippen molar-refractivity contribution in [2.24, 2.45) is 0 Å². The third kappa shape index (κ3) is 3.23. The third-order valence-electron chi connectivity index (χ3n) is 5.01. The molecule has 0 saturated heterocycles. The first kappa shape index (κ1) is 17.1. The molecule has 29 heavy (non-hydrogen) atoms. The molecule has 5 aromatic rings. The molecule has 0 bridgehead atoms. The van der Waals surface area contributed by atoms with Crippen molar-refractivity contribution in [1.82, 2.24) is 9.78 Å². The van der Waals surface area contributed by atoms with E-state index < -0.39 is 0 Å². The van der Waals surface area contributed by atoms with Gasteiger partial charge in [0, 0.05) is 5.39 Å². The van der Waals surface area contributed by atoms with E-state index in [9.17, 15) is 4.79 Å². The van der Waals surface area contributed by atoms with Crippen LogP contribution in [0.25, 0.3) is 39.5 Å². The van der Waals surface area contributed by atoms with Gasteiger partial charge in [-0.2, -0.15) is 5.10 Å². The van der Waals surface area contributed by atoms with Gasteiger partial charge in [0.1, 0.15) is 5.52 Å². The molecule has 138 valence electrons. The van der Waals surface area contributed by atoms with Crippen molar-refractivity contribution in [1.29, 1.82) is 0 Å². The van der Waals surface area contributed by atoms with Crippen LogP contribution in [0.3, 0.4) is 0 Å². The molecule has 0 aliphatic carbocycles. The summed E-state index contributed by atoms with van der Waals surface area (Å²) in [4.78, 5) is 12.7. The van der Waals surface area contributed by atoms with Crippen LogP contribution in [0, 0.1) is 0 Å². The fourth-order valence-corrected chi connectivity index (χ4v) is 3.59. The molecule has 3 nitrogen and oxygen atoms in total. The quantitative estimate of drug-likeness (QED) is 0.405. The van der Waals surface area contributed by atoms with Crippen LogP contribution in [0.15, 0.2) is 102 Å². The van der Waals surface area contributed by atoms with E-state index in [4.69, 9.17) is 5.10 Å². The van der Waals surface area contributed by atoms with E-state index in [1.807, 2.05) is 66.7 Å². The van der Waals surface area contributed by atoms with Gasteiger partial charge in [0.25, 0.3) is 0 Å². The zero-order valence-corrected chi connectivity index (χ0v) is 15.7. The Hall–Kier alpha value is -3.98. The predicted molar refractivity (Wildman–Crippen MR) is 120 cm³/mol. The highest BCUT2D eigenvalue weighted by Crippen LogP contribution is 2.22. The van der Waals surface area contributed by atoms with E-state index >= 15 is 0 Å². The molecular formula is C26H18N2O. The summed E-state index contributed by atoms with van der Waals surface area (Å²) < 4.78 is 1.73. The second-order valence-corrected chi connectivity index (χ2v) is 6.92. The fourth-order valence-electron chi connectivity index (χ4n) is 3.59. The lowest BCUT2D eigenvalue weighted by atomic mass is 10.1. The lowest BCUT2D eigenvalue weighted by Crippen LogP contribution is -2.04. The van der Waals surface area contributed by atoms with Crippen molar-refractivity contribution < 1.29 is 0 Å². The van der Waals surface area contributed by atoms with Crippen LogP contribution >= 0.6 is 0 Å². The number of nitrogens with zero attached hydrogens (tertiary/aromatic N) is 2. The molecule has 1 aromatic heterocycles. The van der Waals surface area contributed by atoms with Crippen LogP contribution in [-0.4, -0.2) is 9.78 Å². The summed E-state index contributed by atoms with van der Waals surface area (Å²) in [5.41, 5.74) is 3.26. The lowest BCUT2D eigenvalue weighted by Gasteiger charge is -2.01. The number of para-hydroxylation sites is 1. The molecule has 0 radical (unpaired) electrons. The van der Waals surface area contributed by atoms with Gasteiger partial charge >= 0.3 is 0 Å². The van der Waals surface area contributed by atoms with E-state index in [0.29, 0.717) is 5.52 Å². The Morgan fingerprint density at radius 3 is 2.28 bits per heavy atom. The zero-order valence-electron chi connectivity index (χ0n) is 15.7. The molecule has 0 saturated carbocycles. The predicted octanol–water partition coefficient (Wildman–Crippen LogP) is 5.71. The van der Waals surface area contributed by atoms with Gasteiger partial charge in [-0.25, -0.2) is 4.68 Å². The van der Waals surface area contributed by atoms with Crippen molar-refractivity contribution in [3.8, 4) is 5.69 Å². The minimum Gasteiger partial charge on any atom is -0.288 e. The number of benzene rings is 3. The van der Waals surface area contributed by atoms with Gasteiger partial charge in [-0.15, -0.1) is 0 Å². The summed E-state index contributed by atoms with van der Waals surface area (Å²) in [7, 11) is 0. The Bertz CT molecular complexity index is 1420. The first-order chi connectivity index (χ1) is 14.3. The summed E-state index contributed by atoms with van der Waals surface area (Å²) in [6, 6.07) is 31.6. The maximum absolute atomic E-state index is 12.7. The van der Waals surface area contributed by atoms with Gasteiger partial charge in [0.05, 0.1) is 11.4 Å². The minimum absolute atomic E-state index is 0.0493. The molecule has 0 aliphatic rings. The molecule has 0 atom stereocenters. The Morgan fingerprint density at radius 1 is 0.690 bits per heavy atom. The van der Waals surface area contributed by atoms with Gasteiger partial charge in [0.15, 0.2) is 0 Å². The molecule has 1 heterocycles. The average molecular weight is 374 g/mol. The molecule has 0 fully saturated rings. The first-order valence-corrected chi connectivity index (χ1v) is 9.54. The van der Waals surface area contributed by atoms with E-state index in [2.05, 4.69) is 30.3 Å². The van der Waals surface area contributed by atoms with E-state index in [1.54, 1.807) is 16.8 Å². The maximum Gasteiger partial charge on any atom is 0.204 e. The first-order valence-electron chi connectivity index (χ1n) is 9.54. The normalized spacial score (nSPS) is 11.4. The average Bonchev–Trinajstić information content (AvgIpc) is 3.03. The largest absolute Gasteiger partial charge is 0.288 e. The summed E-state index contributed by atoms with van der Waals surface area (Å²) >= 11 is 0. The fraction of sp³-hybridized carbons (Fsp3) is 0. The van der Waals surface area contributed by atoms with Crippen LogP contribution < -0.4 is 5.43 Å². The van der Waals surface area contributed by atoms with Crippen LogP contribution in [0.4, 0.5) is 0 Å². The SMILES string of the molecule is O=c1ccccc2c(/C=C/c3ccc4ccccc4c3)nn(-c3ccccc3)c12. The Labute approximate surface area is 168 Å². The highest BCUT2D eigenvalue weighted by molar-refractivity contribution is 5.91. The molecule has 4 aromatic carbocycles. The Morgan fingerprint density at radius 2 is 1.41 bits per heavy atom. The number of rotatable bonds is 3. The van der Waals surface area contributed by atoms with Gasteiger partial charge in [-0.3, -0.25) is 4.79 Å². The van der Waals surface area contributed by atoms with Crippen molar-refractivity contribution in [2.75, 3.05) is 0 Å². The topological polar surface area (TPSA) is 34.9 Å². The number of hydrogen-bond acceptors (Lipinski definition) is 2.